The minimum absolute atomic E-state index is 0.119. The summed E-state index contributed by atoms with van der Waals surface area (Å²) in [6, 6.07) is -0.747. The monoisotopic (exact) mass is 151 g/mol. The molecule has 0 amide bonds. The number of alkyl halides is 2. The molecule has 2 atom stereocenters. The van der Waals surface area contributed by atoms with E-state index < -0.39 is 18.1 Å². The van der Waals surface area contributed by atoms with Crippen LogP contribution in [0.3, 0.4) is 0 Å². The van der Waals surface area contributed by atoms with Crippen molar-refractivity contribution in [2.24, 2.45) is 5.73 Å². The van der Waals surface area contributed by atoms with Crippen LogP contribution in [-0.2, 0) is 0 Å². The number of hydrogen-bond donors (Lipinski definition) is 2. The van der Waals surface area contributed by atoms with Crippen molar-refractivity contribution in [3.05, 3.63) is 0 Å². The van der Waals surface area contributed by atoms with Gasteiger partial charge in [0, 0.05) is 18.9 Å². The molecule has 4 heteroatoms. The molecule has 0 aromatic heterocycles. The molecule has 0 spiro atoms. The number of aliphatic hydroxyl groups excluding tert-OH is 1. The molecule has 1 rings (SSSR count). The van der Waals surface area contributed by atoms with Gasteiger partial charge in [-0.15, -0.1) is 0 Å². The standard InChI is InChI=1S/C6H11F2NO/c7-6(8)2-1-5(10)4(9)3-6/h4-5,10H,1-3,9H2. The topological polar surface area (TPSA) is 46.2 Å². The van der Waals surface area contributed by atoms with Crippen LogP contribution in [0.2, 0.25) is 0 Å². The van der Waals surface area contributed by atoms with Gasteiger partial charge >= 0.3 is 0 Å². The van der Waals surface area contributed by atoms with Gasteiger partial charge < -0.3 is 10.8 Å². The van der Waals surface area contributed by atoms with Crippen LogP contribution in [0.5, 0.6) is 0 Å². The van der Waals surface area contributed by atoms with Crippen LogP contribution in [0, 0.1) is 0 Å². The first kappa shape index (κ1) is 7.88. The smallest absolute Gasteiger partial charge is 0.249 e. The van der Waals surface area contributed by atoms with Gasteiger partial charge in [-0.3, -0.25) is 0 Å². The van der Waals surface area contributed by atoms with Gasteiger partial charge in [0.2, 0.25) is 5.92 Å². The van der Waals surface area contributed by atoms with E-state index in [-0.39, 0.29) is 19.3 Å². The fraction of sp³-hybridized carbons (Fsp3) is 1.00. The second-order valence-electron chi connectivity index (χ2n) is 2.83. The Morgan fingerprint density at radius 2 is 2.10 bits per heavy atom. The van der Waals surface area contributed by atoms with Crippen LogP contribution >= 0.6 is 0 Å². The zero-order valence-corrected chi connectivity index (χ0v) is 5.56. The highest BCUT2D eigenvalue weighted by Gasteiger charge is 2.38. The van der Waals surface area contributed by atoms with E-state index in [1.54, 1.807) is 0 Å². The van der Waals surface area contributed by atoms with Crippen molar-refractivity contribution in [1.29, 1.82) is 0 Å². The molecule has 10 heavy (non-hydrogen) atoms. The van der Waals surface area contributed by atoms with Crippen LogP contribution in [0.15, 0.2) is 0 Å². The summed E-state index contributed by atoms with van der Waals surface area (Å²) in [6.07, 6.45) is -1.23. The lowest BCUT2D eigenvalue weighted by Crippen LogP contribution is -2.44. The van der Waals surface area contributed by atoms with E-state index in [1.807, 2.05) is 0 Å². The molecule has 0 saturated heterocycles. The van der Waals surface area contributed by atoms with E-state index in [9.17, 15) is 8.78 Å². The molecule has 0 aromatic carbocycles. The van der Waals surface area contributed by atoms with Crippen LogP contribution in [0.4, 0.5) is 8.78 Å². The first-order valence-electron chi connectivity index (χ1n) is 3.33. The Morgan fingerprint density at radius 1 is 1.50 bits per heavy atom. The van der Waals surface area contributed by atoms with Gasteiger partial charge in [-0.25, -0.2) is 8.78 Å². The van der Waals surface area contributed by atoms with Crippen molar-refractivity contribution in [3.8, 4) is 0 Å². The Balaban J connectivity index is 2.49. The zero-order valence-electron chi connectivity index (χ0n) is 5.56. The van der Waals surface area contributed by atoms with Gasteiger partial charge in [0.05, 0.1) is 6.10 Å². The fourth-order valence-electron chi connectivity index (χ4n) is 1.16. The molecule has 0 aliphatic heterocycles. The Labute approximate surface area is 58.0 Å². The van der Waals surface area contributed by atoms with Gasteiger partial charge in [-0.1, -0.05) is 0 Å². The molecule has 2 unspecified atom stereocenters. The van der Waals surface area contributed by atoms with Crippen LogP contribution < -0.4 is 5.73 Å². The van der Waals surface area contributed by atoms with E-state index in [0.717, 1.165) is 0 Å². The summed E-state index contributed by atoms with van der Waals surface area (Å²) in [5.74, 6) is -2.65. The molecule has 60 valence electrons. The predicted molar refractivity (Wildman–Crippen MR) is 32.8 cm³/mol. The van der Waals surface area contributed by atoms with E-state index >= 15 is 0 Å². The molecular formula is C6H11F2NO. The second kappa shape index (κ2) is 2.43. The highest BCUT2D eigenvalue weighted by atomic mass is 19.3. The van der Waals surface area contributed by atoms with Crippen LogP contribution in [0.25, 0.3) is 0 Å². The molecule has 0 radical (unpaired) electrons. The van der Waals surface area contributed by atoms with Crippen molar-refractivity contribution >= 4 is 0 Å². The average molecular weight is 151 g/mol. The highest BCUT2D eigenvalue weighted by Crippen LogP contribution is 2.32. The van der Waals surface area contributed by atoms with Crippen LogP contribution in [-0.4, -0.2) is 23.2 Å². The predicted octanol–water partition coefficient (Wildman–Crippen LogP) is 0.494. The summed E-state index contributed by atoms with van der Waals surface area (Å²) in [5, 5.41) is 8.95. The molecule has 0 aromatic rings. The average Bonchev–Trinajstić information content (AvgIpc) is 1.79. The number of nitrogens with two attached hydrogens (primary N) is 1. The first-order valence-corrected chi connectivity index (χ1v) is 3.33. The molecule has 0 heterocycles. The van der Waals surface area contributed by atoms with Crippen molar-refractivity contribution < 1.29 is 13.9 Å². The molecule has 1 aliphatic rings. The maximum Gasteiger partial charge on any atom is 0.249 e. The lowest BCUT2D eigenvalue weighted by molar-refractivity contribution is -0.0720. The zero-order chi connectivity index (χ0) is 7.78. The maximum absolute atomic E-state index is 12.4. The SMILES string of the molecule is NC1CC(F)(F)CCC1O. The highest BCUT2D eigenvalue weighted by molar-refractivity contribution is 4.86. The number of aliphatic hydroxyl groups is 1. The van der Waals surface area contributed by atoms with E-state index in [1.165, 1.54) is 0 Å². The summed E-state index contributed by atoms with van der Waals surface area (Å²) < 4.78 is 24.9. The molecule has 1 aliphatic carbocycles. The van der Waals surface area contributed by atoms with Gasteiger partial charge in [0.15, 0.2) is 0 Å². The minimum Gasteiger partial charge on any atom is -0.392 e. The number of rotatable bonds is 0. The van der Waals surface area contributed by atoms with E-state index in [4.69, 9.17) is 10.8 Å². The van der Waals surface area contributed by atoms with Crippen LogP contribution in [0.1, 0.15) is 19.3 Å². The first-order chi connectivity index (χ1) is 4.51. The second-order valence-corrected chi connectivity index (χ2v) is 2.83. The summed E-state index contributed by atoms with van der Waals surface area (Å²) in [7, 11) is 0. The fourth-order valence-corrected chi connectivity index (χ4v) is 1.16. The molecule has 0 bridgehead atoms. The lowest BCUT2D eigenvalue weighted by Gasteiger charge is -2.30. The lowest BCUT2D eigenvalue weighted by atomic mass is 9.90. The van der Waals surface area contributed by atoms with Crippen molar-refractivity contribution in [3.63, 3.8) is 0 Å². The van der Waals surface area contributed by atoms with Gasteiger partial charge in [-0.2, -0.15) is 0 Å². The summed E-state index contributed by atoms with van der Waals surface area (Å²) in [6.45, 7) is 0. The maximum atomic E-state index is 12.4. The van der Waals surface area contributed by atoms with Crippen molar-refractivity contribution in [1.82, 2.24) is 0 Å². The third-order valence-corrected chi connectivity index (χ3v) is 1.83. The van der Waals surface area contributed by atoms with E-state index in [0.29, 0.717) is 0 Å². The summed E-state index contributed by atoms with van der Waals surface area (Å²) >= 11 is 0. The quantitative estimate of drug-likeness (QED) is 0.529. The van der Waals surface area contributed by atoms with Gasteiger partial charge in [-0.05, 0) is 6.42 Å². The van der Waals surface area contributed by atoms with Gasteiger partial charge in [0.1, 0.15) is 0 Å². The van der Waals surface area contributed by atoms with Crippen molar-refractivity contribution in [2.45, 2.75) is 37.3 Å². The Kier molecular flexibility index (Phi) is 1.92. The molecule has 1 saturated carbocycles. The third-order valence-electron chi connectivity index (χ3n) is 1.83. The molecular weight excluding hydrogens is 140 g/mol. The minimum atomic E-state index is -2.65. The summed E-state index contributed by atoms with van der Waals surface area (Å²) in [5.41, 5.74) is 5.22. The Morgan fingerprint density at radius 3 is 2.50 bits per heavy atom. The number of halogens is 2. The largest absolute Gasteiger partial charge is 0.392 e. The molecule has 2 nitrogen and oxygen atoms in total. The van der Waals surface area contributed by atoms with Gasteiger partial charge in [0.25, 0.3) is 0 Å². The third kappa shape index (κ3) is 1.64. The Bertz CT molecular complexity index is 129. The Hall–Kier alpha value is -0.220. The van der Waals surface area contributed by atoms with Crippen molar-refractivity contribution in [2.75, 3.05) is 0 Å². The molecule has 3 N–H and O–H groups in total. The number of hydrogen-bond acceptors (Lipinski definition) is 2. The summed E-state index contributed by atoms with van der Waals surface area (Å²) in [4.78, 5) is 0. The normalized spacial score (nSPS) is 39.6. The van der Waals surface area contributed by atoms with E-state index in [2.05, 4.69) is 0 Å². The molecule has 1 fully saturated rings.